The number of ether oxygens (including phenoxy) is 1. The summed E-state index contributed by atoms with van der Waals surface area (Å²) in [5.74, 6) is 0.972. The number of hydrogen-bond acceptors (Lipinski definition) is 2. The molecule has 0 aliphatic heterocycles. The molecule has 0 amide bonds. The smallest absolute Gasteiger partial charge is 0.124 e. The van der Waals surface area contributed by atoms with E-state index < -0.39 is 0 Å². The van der Waals surface area contributed by atoms with Crippen LogP contribution in [0.3, 0.4) is 0 Å². The number of hydrogen-bond donors (Lipinski definition) is 1. The van der Waals surface area contributed by atoms with Crippen LogP contribution in [0.1, 0.15) is 24.1 Å². The minimum Gasteiger partial charge on any atom is -0.494 e. The summed E-state index contributed by atoms with van der Waals surface area (Å²) in [5.41, 5.74) is 2.55. The Kier molecular flexibility index (Phi) is 5.86. The first-order valence-electron chi connectivity index (χ1n) is 6.88. The number of rotatable bonds is 6. The molecule has 0 heterocycles. The predicted molar refractivity (Wildman–Crippen MR) is 92.3 cm³/mol. The molecule has 3 heteroatoms. The quantitative estimate of drug-likeness (QED) is 0.758. The third-order valence-electron chi connectivity index (χ3n) is 3.30. The normalized spacial score (nSPS) is 12.2. The molecule has 2 rings (SSSR count). The topological polar surface area (TPSA) is 21.3 Å². The Balaban J connectivity index is 2.21. The number of likely N-dealkylation sites (N-methyl/N-ethyl adjacent to an activating group) is 1. The minimum absolute atomic E-state index is 0.262. The van der Waals surface area contributed by atoms with Crippen LogP contribution in [-0.2, 0) is 6.42 Å². The van der Waals surface area contributed by atoms with Gasteiger partial charge < -0.3 is 10.1 Å². The van der Waals surface area contributed by atoms with Crippen molar-refractivity contribution in [2.75, 3.05) is 13.7 Å². The molecule has 20 heavy (non-hydrogen) atoms. The van der Waals surface area contributed by atoms with Crippen molar-refractivity contribution < 1.29 is 4.74 Å². The summed E-state index contributed by atoms with van der Waals surface area (Å²) in [6, 6.07) is 17.2. The average molecular weight is 381 g/mol. The number of nitrogens with one attached hydrogen (secondary N) is 1. The molecule has 106 valence electrons. The molecular weight excluding hydrogens is 361 g/mol. The van der Waals surface area contributed by atoms with E-state index in [0.29, 0.717) is 6.61 Å². The van der Waals surface area contributed by atoms with Gasteiger partial charge in [0.15, 0.2) is 0 Å². The van der Waals surface area contributed by atoms with Gasteiger partial charge >= 0.3 is 0 Å². The van der Waals surface area contributed by atoms with Gasteiger partial charge in [-0.3, -0.25) is 0 Å². The van der Waals surface area contributed by atoms with Gasteiger partial charge in [-0.1, -0.05) is 30.3 Å². The third kappa shape index (κ3) is 3.96. The SMILES string of the molecule is CCOc1ccccc1C(Cc1ccc(I)cc1)NC. The van der Waals surface area contributed by atoms with Crippen LogP contribution < -0.4 is 10.1 Å². The Morgan fingerprint density at radius 3 is 2.45 bits per heavy atom. The highest BCUT2D eigenvalue weighted by Crippen LogP contribution is 2.27. The Hall–Kier alpha value is -1.07. The lowest BCUT2D eigenvalue weighted by atomic mass is 9.98. The zero-order chi connectivity index (χ0) is 14.4. The van der Waals surface area contributed by atoms with E-state index in [-0.39, 0.29) is 6.04 Å². The first-order chi connectivity index (χ1) is 9.74. The molecular formula is C17H20INO. The van der Waals surface area contributed by atoms with Gasteiger partial charge in [0.2, 0.25) is 0 Å². The lowest BCUT2D eigenvalue weighted by Gasteiger charge is -2.20. The molecule has 0 bridgehead atoms. The van der Waals surface area contributed by atoms with E-state index in [1.807, 2.05) is 26.1 Å². The second kappa shape index (κ2) is 7.64. The summed E-state index contributed by atoms with van der Waals surface area (Å²) in [6.07, 6.45) is 0.956. The second-order valence-electron chi connectivity index (χ2n) is 4.64. The molecule has 1 atom stereocenters. The molecule has 0 radical (unpaired) electrons. The van der Waals surface area contributed by atoms with Crippen LogP contribution in [0.4, 0.5) is 0 Å². The van der Waals surface area contributed by atoms with E-state index in [9.17, 15) is 0 Å². The van der Waals surface area contributed by atoms with Gasteiger partial charge in [-0.25, -0.2) is 0 Å². The highest BCUT2D eigenvalue weighted by Gasteiger charge is 2.14. The summed E-state index contributed by atoms with van der Waals surface area (Å²) in [7, 11) is 2.00. The average Bonchev–Trinajstić information content (AvgIpc) is 2.48. The van der Waals surface area contributed by atoms with E-state index in [2.05, 4.69) is 64.3 Å². The summed E-state index contributed by atoms with van der Waals surface area (Å²) in [5, 5.41) is 3.40. The summed E-state index contributed by atoms with van der Waals surface area (Å²) in [4.78, 5) is 0. The van der Waals surface area contributed by atoms with Crippen molar-refractivity contribution >= 4 is 22.6 Å². The van der Waals surface area contributed by atoms with E-state index >= 15 is 0 Å². The van der Waals surface area contributed by atoms with Crippen molar-refractivity contribution in [3.63, 3.8) is 0 Å². The first kappa shape index (κ1) is 15.3. The second-order valence-corrected chi connectivity index (χ2v) is 5.89. The molecule has 2 nitrogen and oxygen atoms in total. The maximum Gasteiger partial charge on any atom is 0.124 e. The van der Waals surface area contributed by atoms with Crippen LogP contribution in [0.2, 0.25) is 0 Å². The van der Waals surface area contributed by atoms with E-state index in [0.717, 1.165) is 12.2 Å². The highest BCUT2D eigenvalue weighted by molar-refractivity contribution is 14.1. The van der Waals surface area contributed by atoms with Crippen molar-refractivity contribution in [3.05, 3.63) is 63.2 Å². The number of benzene rings is 2. The fraction of sp³-hybridized carbons (Fsp3) is 0.294. The standard InChI is InChI=1S/C17H20INO/c1-3-20-17-7-5-4-6-15(17)16(19-2)12-13-8-10-14(18)11-9-13/h4-11,16,19H,3,12H2,1-2H3. The summed E-state index contributed by atoms with van der Waals surface area (Å²) >= 11 is 2.33. The number of para-hydroxylation sites is 1. The zero-order valence-corrected chi connectivity index (χ0v) is 14.1. The van der Waals surface area contributed by atoms with Crippen LogP contribution in [0, 0.1) is 3.57 Å². The molecule has 0 spiro atoms. The van der Waals surface area contributed by atoms with Gasteiger partial charge in [-0.15, -0.1) is 0 Å². The van der Waals surface area contributed by atoms with Crippen LogP contribution in [-0.4, -0.2) is 13.7 Å². The zero-order valence-electron chi connectivity index (χ0n) is 11.9. The fourth-order valence-electron chi connectivity index (χ4n) is 2.28. The Morgan fingerprint density at radius 2 is 1.80 bits per heavy atom. The van der Waals surface area contributed by atoms with Crippen LogP contribution in [0.25, 0.3) is 0 Å². The number of halogens is 1. The van der Waals surface area contributed by atoms with Gasteiger partial charge in [-0.05, 0) is 66.7 Å². The Labute approximate surface area is 134 Å². The maximum atomic E-state index is 5.74. The molecule has 0 aliphatic rings. The lowest BCUT2D eigenvalue weighted by Crippen LogP contribution is -2.19. The molecule has 0 saturated carbocycles. The van der Waals surface area contributed by atoms with Gasteiger partial charge in [-0.2, -0.15) is 0 Å². The molecule has 0 aliphatic carbocycles. The highest BCUT2D eigenvalue weighted by atomic mass is 127. The van der Waals surface area contributed by atoms with Gasteiger partial charge in [0.05, 0.1) is 6.61 Å². The Bertz CT molecular complexity index is 539. The maximum absolute atomic E-state index is 5.74. The third-order valence-corrected chi connectivity index (χ3v) is 4.01. The van der Waals surface area contributed by atoms with Gasteiger partial charge in [0.25, 0.3) is 0 Å². The summed E-state index contributed by atoms with van der Waals surface area (Å²) < 4.78 is 7.00. The van der Waals surface area contributed by atoms with E-state index in [1.54, 1.807) is 0 Å². The molecule has 2 aromatic rings. The monoisotopic (exact) mass is 381 g/mol. The van der Waals surface area contributed by atoms with Crippen molar-refractivity contribution in [2.45, 2.75) is 19.4 Å². The fourth-order valence-corrected chi connectivity index (χ4v) is 2.64. The lowest BCUT2D eigenvalue weighted by molar-refractivity contribution is 0.332. The minimum atomic E-state index is 0.262. The van der Waals surface area contributed by atoms with Crippen molar-refractivity contribution in [3.8, 4) is 5.75 Å². The predicted octanol–water partition coefficient (Wildman–Crippen LogP) is 4.19. The van der Waals surface area contributed by atoms with Crippen molar-refractivity contribution in [2.24, 2.45) is 0 Å². The molecule has 0 saturated heterocycles. The van der Waals surface area contributed by atoms with Gasteiger partial charge in [0, 0.05) is 15.2 Å². The molecule has 0 fully saturated rings. The molecule has 2 aromatic carbocycles. The van der Waals surface area contributed by atoms with Crippen molar-refractivity contribution in [1.29, 1.82) is 0 Å². The molecule has 1 N–H and O–H groups in total. The Morgan fingerprint density at radius 1 is 1.10 bits per heavy atom. The van der Waals surface area contributed by atoms with Gasteiger partial charge in [0.1, 0.15) is 5.75 Å². The van der Waals surface area contributed by atoms with E-state index in [1.165, 1.54) is 14.7 Å². The largest absolute Gasteiger partial charge is 0.494 e. The van der Waals surface area contributed by atoms with Crippen LogP contribution >= 0.6 is 22.6 Å². The molecule has 1 unspecified atom stereocenters. The first-order valence-corrected chi connectivity index (χ1v) is 7.96. The van der Waals surface area contributed by atoms with E-state index in [4.69, 9.17) is 4.74 Å². The van der Waals surface area contributed by atoms with Crippen LogP contribution in [0.5, 0.6) is 5.75 Å². The molecule has 0 aromatic heterocycles. The van der Waals surface area contributed by atoms with Crippen molar-refractivity contribution in [1.82, 2.24) is 5.32 Å². The van der Waals surface area contributed by atoms with Crippen LogP contribution in [0.15, 0.2) is 48.5 Å². The summed E-state index contributed by atoms with van der Waals surface area (Å²) in [6.45, 7) is 2.71.